The van der Waals surface area contributed by atoms with Crippen LogP contribution < -0.4 is 0 Å². The number of alkyl halides is 1. The highest BCUT2D eigenvalue weighted by atomic mass is 19.1. The number of rotatable bonds is 2. The van der Waals surface area contributed by atoms with Gasteiger partial charge in [0.15, 0.2) is 0 Å². The number of aliphatic hydroxyl groups excluding tert-OH is 1. The van der Waals surface area contributed by atoms with Crippen molar-refractivity contribution in [3.05, 3.63) is 29.6 Å². The molecule has 0 amide bonds. The summed E-state index contributed by atoms with van der Waals surface area (Å²) in [6.45, 7) is 1.06. The summed E-state index contributed by atoms with van der Waals surface area (Å²) in [6.07, 6.45) is 2.08. The normalized spacial score (nSPS) is 13.0. The largest absolute Gasteiger partial charge is 0.386 e. The van der Waals surface area contributed by atoms with Crippen LogP contribution in [-0.4, -0.2) is 16.8 Å². The van der Waals surface area contributed by atoms with E-state index in [1.807, 2.05) is 6.92 Å². The lowest BCUT2D eigenvalue weighted by molar-refractivity contribution is 0.141. The molecular formula is C8H10FNO. The first-order valence-electron chi connectivity index (χ1n) is 3.40. The van der Waals surface area contributed by atoms with E-state index in [9.17, 15) is 4.39 Å². The van der Waals surface area contributed by atoms with Gasteiger partial charge in [-0.3, -0.25) is 4.98 Å². The van der Waals surface area contributed by atoms with E-state index >= 15 is 0 Å². The van der Waals surface area contributed by atoms with Crippen LogP contribution in [0.15, 0.2) is 18.5 Å². The van der Waals surface area contributed by atoms with Crippen LogP contribution in [0.3, 0.4) is 0 Å². The zero-order chi connectivity index (χ0) is 8.27. The van der Waals surface area contributed by atoms with Crippen molar-refractivity contribution in [2.45, 2.75) is 13.0 Å². The SMILES string of the molecule is Cc1ccncc1C(O)CF. The van der Waals surface area contributed by atoms with Crippen molar-refractivity contribution < 1.29 is 9.50 Å². The van der Waals surface area contributed by atoms with Gasteiger partial charge in [0.1, 0.15) is 12.8 Å². The Bertz CT molecular complexity index is 239. The molecule has 0 aliphatic heterocycles. The van der Waals surface area contributed by atoms with Crippen LogP contribution in [0.2, 0.25) is 0 Å². The van der Waals surface area contributed by atoms with Crippen molar-refractivity contribution in [2.75, 3.05) is 6.67 Å². The molecule has 1 atom stereocenters. The molecule has 1 N–H and O–H groups in total. The third-order valence-corrected chi connectivity index (χ3v) is 1.58. The van der Waals surface area contributed by atoms with E-state index < -0.39 is 12.8 Å². The molecule has 60 valence electrons. The van der Waals surface area contributed by atoms with Gasteiger partial charge in [-0.05, 0) is 18.6 Å². The monoisotopic (exact) mass is 155 g/mol. The molecule has 2 nitrogen and oxygen atoms in total. The van der Waals surface area contributed by atoms with Crippen LogP contribution in [0.25, 0.3) is 0 Å². The van der Waals surface area contributed by atoms with E-state index in [4.69, 9.17) is 5.11 Å². The average molecular weight is 155 g/mol. The third-order valence-electron chi connectivity index (χ3n) is 1.58. The van der Waals surface area contributed by atoms with Crippen molar-refractivity contribution >= 4 is 0 Å². The van der Waals surface area contributed by atoms with Crippen molar-refractivity contribution in [3.8, 4) is 0 Å². The summed E-state index contributed by atoms with van der Waals surface area (Å²) in [5.74, 6) is 0. The van der Waals surface area contributed by atoms with Gasteiger partial charge in [0, 0.05) is 18.0 Å². The van der Waals surface area contributed by atoms with Crippen molar-refractivity contribution in [1.82, 2.24) is 4.98 Å². The van der Waals surface area contributed by atoms with Crippen molar-refractivity contribution in [1.29, 1.82) is 0 Å². The summed E-state index contributed by atoms with van der Waals surface area (Å²) >= 11 is 0. The van der Waals surface area contributed by atoms with Crippen molar-refractivity contribution in [3.63, 3.8) is 0 Å². The molecule has 0 saturated heterocycles. The first-order chi connectivity index (χ1) is 5.25. The minimum atomic E-state index is -1.02. The molecule has 1 rings (SSSR count). The number of aromatic nitrogens is 1. The van der Waals surface area contributed by atoms with E-state index in [1.165, 1.54) is 6.20 Å². The van der Waals surface area contributed by atoms with E-state index in [1.54, 1.807) is 12.3 Å². The second kappa shape index (κ2) is 3.44. The fourth-order valence-corrected chi connectivity index (χ4v) is 0.908. The van der Waals surface area contributed by atoms with Crippen molar-refractivity contribution in [2.24, 2.45) is 0 Å². The Kier molecular flexibility index (Phi) is 2.54. The first kappa shape index (κ1) is 8.14. The van der Waals surface area contributed by atoms with Gasteiger partial charge in [-0.1, -0.05) is 0 Å². The molecule has 0 bridgehead atoms. The maximum atomic E-state index is 12.0. The van der Waals surface area contributed by atoms with Gasteiger partial charge < -0.3 is 5.11 Å². The number of aryl methyl sites for hydroxylation is 1. The smallest absolute Gasteiger partial charge is 0.120 e. The van der Waals surface area contributed by atoms with E-state index in [0.29, 0.717) is 5.56 Å². The molecule has 1 aromatic rings. The maximum Gasteiger partial charge on any atom is 0.120 e. The molecule has 0 radical (unpaired) electrons. The predicted octanol–water partition coefficient (Wildman–Crippen LogP) is 1.39. The number of halogens is 1. The Labute approximate surface area is 64.7 Å². The van der Waals surface area contributed by atoms with Crippen LogP contribution in [0.4, 0.5) is 4.39 Å². The lowest BCUT2D eigenvalue weighted by Crippen LogP contribution is -2.01. The lowest BCUT2D eigenvalue weighted by Gasteiger charge is -2.07. The van der Waals surface area contributed by atoms with Gasteiger partial charge in [-0.25, -0.2) is 4.39 Å². The second-order valence-electron chi connectivity index (χ2n) is 2.40. The number of aliphatic hydroxyl groups is 1. The van der Waals surface area contributed by atoms with Crippen LogP contribution in [0.5, 0.6) is 0 Å². The van der Waals surface area contributed by atoms with Gasteiger partial charge >= 0.3 is 0 Å². The minimum Gasteiger partial charge on any atom is -0.386 e. The van der Waals surface area contributed by atoms with Crippen LogP contribution in [0.1, 0.15) is 17.2 Å². The molecule has 1 aromatic heterocycles. The second-order valence-corrected chi connectivity index (χ2v) is 2.40. The molecule has 0 aromatic carbocycles. The summed E-state index contributed by atoms with van der Waals surface area (Å²) in [4.78, 5) is 3.79. The zero-order valence-electron chi connectivity index (χ0n) is 6.29. The van der Waals surface area contributed by atoms with Crippen LogP contribution >= 0.6 is 0 Å². The van der Waals surface area contributed by atoms with Gasteiger partial charge in [-0.15, -0.1) is 0 Å². The summed E-state index contributed by atoms with van der Waals surface area (Å²) < 4.78 is 12.0. The Morgan fingerprint density at radius 3 is 3.00 bits per heavy atom. The summed E-state index contributed by atoms with van der Waals surface area (Å²) in [5, 5.41) is 9.10. The fraction of sp³-hybridized carbons (Fsp3) is 0.375. The van der Waals surface area contributed by atoms with Crippen LogP contribution in [-0.2, 0) is 0 Å². The van der Waals surface area contributed by atoms with Gasteiger partial charge in [0.2, 0.25) is 0 Å². The molecule has 0 aliphatic carbocycles. The molecule has 0 aliphatic rings. The standard InChI is InChI=1S/C8H10FNO/c1-6-2-3-10-5-7(6)8(11)4-9/h2-3,5,8,11H,4H2,1H3. The summed E-state index contributed by atoms with van der Waals surface area (Å²) in [7, 11) is 0. The van der Waals surface area contributed by atoms with Gasteiger partial charge in [0.25, 0.3) is 0 Å². The Hall–Kier alpha value is -0.960. The number of pyridine rings is 1. The van der Waals surface area contributed by atoms with E-state index in [2.05, 4.69) is 4.98 Å². The van der Waals surface area contributed by atoms with Gasteiger partial charge in [0.05, 0.1) is 0 Å². The quantitative estimate of drug-likeness (QED) is 0.700. The predicted molar refractivity (Wildman–Crippen MR) is 39.9 cm³/mol. The lowest BCUT2D eigenvalue weighted by atomic mass is 10.1. The molecule has 3 heteroatoms. The molecule has 0 fully saturated rings. The number of hydrogen-bond donors (Lipinski definition) is 1. The highest BCUT2D eigenvalue weighted by Gasteiger charge is 2.08. The molecule has 0 saturated carbocycles. The van der Waals surface area contributed by atoms with E-state index in [0.717, 1.165) is 5.56 Å². The third kappa shape index (κ3) is 1.74. The highest BCUT2D eigenvalue weighted by Crippen LogP contribution is 2.15. The fourth-order valence-electron chi connectivity index (χ4n) is 0.908. The zero-order valence-corrected chi connectivity index (χ0v) is 6.29. The number of hydrogen-bond acceptors (Lipinski definition) is 2. The molecule has 1 unspecified atom stereocenters. The Balaban J connectivity index is 2.93. The first-order valence-corrected chi connectivity index (χ1v) is 3.40. The number of nitrogens with zero attached hydrogens (tertiary/aromatic N) is 1. The van der Waals surface area contributed by atoms with Crippen LogP contribution in [0, 0.1) is 6.92 Å². The average Bonchev–Trinajstić information content (AvgIpc) is 2.04. The highest BCUT2D eigenvalue weighted by molar-refractivity contribution is 5.23. The van der Waals surface area contributed by atoms with E-state index in [-0.39, 0.29) is 0 Å². The maximum absolute atomic E-state index is 12.0. The Morgan fingerprint density at radius 1 is 1.73 bits per heavy atom. The molecule has 11 heavy (non-hydrogen) atoms. The molecular weight excluding hydrogens is 145 g/mol. The topological polar surface area (TPSA) is 33.1 Å². The molecule has 0 spiro atoms. The Morgan fingerprint density at radius 2 is 2.45 bits per heavy atom. The minimum absolute atomic E-state index is 0.565. The molecule has 1 heterocycles. The summed E-state index contributed by atoms with van der Waals surface area (Å²) in [6, 6.07) is 1.74. The summed E-state index contributed by atoms with van der Waals surface area (Å²) in [5.41, 5.74) is 1.43. The van der Waals surface area contributed by atoms with Gasteiger partial charge in [-0.2, -0.15) is 0 Å².